The molecule has 2 aromatic rings. The number of carbonyl (C=O) groups excluding carboxylic acids is 1. The van der Waals surface area contributed by atoms with Crippen LogP contribution in [0.3, 0.4) is 0 Å². The lowest BCUT2D eigenvalue weighted by Crippen LogP contribution is -2.38. The maximum absolute atomic E-state index is 13.8. The van der Waals surface area contributed by atoms with Crippen molar-refractivity contribution in [3.63, 3.8) is 0 Å². The van der Waals surface area contributed by atoms with Gasteiger partial charge in [-0.3, -0.25) is 9.80 Å². The normalized spacial score (nSPS) is 22.1. The molecule has 2 aromatic carbocycles. The molecule has 0 spiro atoms. The fraction of sp³-hybridized carbons (Fsp3) is 0.625. The van der Waals surface area contributed by atoms with Crippen molar-refractivity contribution in [3.05, 3.63) is 80.9 Å². The van der Waals surface area contributed by atoms with E-state index in [-0.39, 0.29) is 17.9 Å². The molecule has 5 nitrogen and oxygen atoms in total. The molecule has 1 aliphatic carbocycles. The summed E-state index contributed by atoms with van der Waals surface area (Å²) in [5.41, 5.74) is 7.22. The topological polar surface area (TPSA) is 42.0 Å². The third-order valence-electron chi connectivity index (χ3n) is 10.3. The maximum atomic E-state index is 13.8. The first-order valence-electron chi connectivity index (χ1n) is 18.0. The van der Waals surface area contributed by atoms with E-state index in [1.54, 1.807) is 5.57 Å². The van der Waals surface area contributed by atoms with Gasteiger partial charge in [0.25, 0.3) is 0 Å². The van der Waals surface area contributed by atoms with Crippen LogP contribution in [-0.4, -0.2) is 61.3 Å². The molecule has 0 aromatic heterocycles. The predicted molar refractivity (Wildman–Crippen MR) is 192 cm³/mol. The van der Waals surface area contributed by atoms with Gasteiger partial charge in [0.05, 0.1) is 12.7 Å². The standard InChI is InChI=1S/C40H57ClF2N2O3/c1-8-47-39(46)38(34-15-9-12-29(5)37(34)31-17-20-33(21-18-31)48-40(6,42)43)44(7)25-22-36(35-26-32(41)19-16-28(35)4)45-23-10-13-30(27(2)3)14-11-24-45/h9,12-13,15-16,19,26-27,31,33,36,38H,8,10-11,14,17-18,20-25H2,1-7H3/b30-13-/t31?,33?,36-,38?/m0/s1. The second-order valence-corrected chi connectivity index (χ2v) is 14.7. The number of esters is 1. The molecule has 48 heavy (non-hydrogen) atoms. The van der Waals surface area contributed by atoms with Crippen molar-refractivity contribution in [2.24, 2.45) is 5.92 Å². The number of benzene rings is 2. The molecule has 0 saturated heterocycles. The van der Waals surface area contributed by atoms with Crippen molar-refractivity contribution in [2.45, 2.75) is 123 Å². The van der Waals surface area contributed by atoms with Crippen LogP contribution >= 0.6 is 11.6 Å². The fourth-order valence-corrected chi connectivity index (χ4v) is 8.12. The van der Waals surface area contributed by atoms with Gasteiger partial charge in [0.2, 0.25) is 0 Å². The summed E-state index contributed by atoms with van der Waals surface area (Å²) >= 11 is 6.58. The van der Waals surface area contributed by atoms with Crippen LogP contribution in [0.1, 0.15) is 125 Å². The zero-order chi connectivity index (χ0) is 35.0. The van der Waals surface area contributed by atoms with Gasteiger partial charge in [0.15, 0.2) is 0 Å². The Labute approximate surface area is 293 Å². The number of nitrogens with zero attached hydrogens (tertiary/aromatic N) is 2. The van der Waals surface area contributed by atoms with Gasteiger partial charge in [-0.1, -0.05) is 61.4 Å². The first-order chi connectivity index (χ1) is 22.8. The van der Waals surface area contributed by atoms with Gasteiger partial charge < -0.3 is 9.47 Å². The number of likely N-dealkylation sites (N-methyl/N-ethyl adjacent to an activating group) is 1. The number of alkyl halides is 2. The molecular weight excluding hydrogens is 630 g/mol. The van der Waals surface area contributed by atoms with Crippen LogP contribution in [0.4, 0.5) is 8.78 Å². The lowest BCUT2D eigenvalue weighted by Gasteiger charge is -2.37. The van der Waals surface area contributed by atoms with E-state index < -0.39 is 18.3 Å². The average molecular weight is 687 g/mol. The Morgan fingerprint density at radius 2 is 1.79 bits per heavy atom. The van der Waals surface area contributed by atoms with Crippen LogP contribution in [0.5, 0.6) is 0 Å². The molecule has 1 unspecified atom stereocenters. The average Bonchev–Trinajstić information content (AvgIpc) is 2.99. The highest BCUT2D eigenvalue weighted by molar-refractivity contribution is 6.30. The van der Waals surface area contributed by atoms with Crippen molar-refractivity contribution in [2.75, 3.05) is 33.3 Å². The molecule has 8 heteroatoms. The Kier molecular flexibility index (Phi) is 14.1. The van der Waals surface area contributed by atoms with Gasteiger partial charge in [-0.15, -0.1) is 0 Å². The van der Waals surface area contributed by atoms with Gasteiger partial charge >= 0.3 is 12.1 Å². The molecule has 4 rings (SSSR count). The van der Waals surface area contributed by atoms with E-state index in [0.29, 0.717) is 31.9 Å². The van der Waals surface area contributed by atoms with E-state index in [1.807, 2.05) is 26.1 Å². The summed E-state index contributed by atoms with van der Waals surface area (Å²) in [5.74, 6) is 0.470. The SMILES string of the molecule is CCOC(=O)C(c1cccc(C)c1C1CCC(OC(C)(F)F)CC1)N(C)CC[C@@H](c1cc(Cl)ccc1C)N1CC/C=C(\C(C)C)CCC1. The van der Waals surface area contributed by atoms with Crippen molar-refractivity contribution >= 4 is 17.6 Å². The summed E-state index contributed by atoms with van der Waals surface area (Å²) in [6, 6.07) is 11.9. The van der Waals surface area contributed by atoms with Crippen molar-refractivity contribution in [1.82, 2.24) is 9.80 Å². The van der Waals surface area contributed by atoms with Crippen molar-refractivity contribution in [3.8, 4) is 0 Å². The van der Waals surface area contributed by atoms with Gasteiger partial charge in [-0.2, -0.15) is 8.78 Å². The molecule has 0 bridgehead atoms. The largest absolute Gasteiger partial charge is 0.465 e. The van der Waals surface area contributed by atoms with Gasteiger partial charge in [0.1, 0.15) is 6.04 Å². The Hall–Kier alpha value is -2.32. The van der Waals surface area contributed by atoms with Crippen LogP contribution in [0.2, 0.25) is 5.02 Å². The molecule has 2 aliphatic rings. The van der Waals surface area contributed by atoms with Crippen LogP contribution in [0.15, 0.2) is 48.0 Å². The number of aryl methyl sites for hydroxylation is 2. The number of ether oxygens (including phenoxy) is 2. The fourth-order valence-electron chi connectivity index (χ4n) is 7.94. The minimum atomic E-state index is -3.13. The number of hydrogen-bond acceptors (Lipinski definition) is 5. The van der Waals surface area contributed by atoms with Crippen LogP contribution in [0, 0.1) is 19.8 Å². The predicted octanol–water partition coefficient (Wildman–Crippen LogP) is 10.3. The number of carbonyl (C=O) groups is 1. The van der Waals surface area contributed by atoms with E-state index in [2.05, 4.69) is 67.8 Å². The molecule has 1 heterocycles. The van der Waals surface area contributed by atoms with Crippen LogP contribution in [0.25, 0.3) is 0 Å². The zero-order valence-corrected chi connectivity index (χ0v) is 30.9. The minimum absolute atomic E-state index is 0.145. The molecule has 266 valence electrons. The van der Waals surface area contributed by atoms with Crippen LogP contribution in [-0.2, 0) is 14.3 Å². The summed E-state index contributed by atoms with van der Waals surface area (Å²) in [4.78, 5) is 18.6. The molecular formula is C40H57ClF2N2O3. The lowest BCUT2D eigenvalue weighted by molar-refractivity contribution is -0.254. The molecule has 0 N–H and O–H groups in total. The first-order valence-corrected chi connectivity index (χ1v) is 18.4. The Morgan fingerprint density at radius 1 is 1.06 bits per heavy atom. The highest BCUT2D eigenvalue weighted by atomic mass is 35.5. The Balaban J connectivity index is 1.61. The number of halogens is 3. The van der Waals surface area contributed by atoms with Gasteiger partial charge in [-0.05, 0) is 138 Å². The summed E-state index contributed by atoms with van der Waals surface area (Å²) < 4.78 is 38.0. The van der Waals surface area contributed by atoms with Crippen molar-refractivity contribution in [1.29, 1.82) is 0 Å². The minimum Gasteiger partial charge on any atom is -0.465 e. The lowest BCUT2D eigenvalue weighted by atomic mass is 9.77. The highest BCUT2D eigenvalue weighted by Crippen LogP contribution is 2.42. The third-order valence-corrected chi connectivity index (χ3v) is 10.6. The summed E-state index contributed by atoms with van der Waals surface area (Å²) in [7, 11) is 2.02. The molecule has 1 aliphatic heterocycles. The van der Waals surface area contributed by atoms with E-state index in [0.717, 1.165) is 80.3 Å². The first kappa shape index (κ1) is 38.5. The highest BCUT2D eigenvalue weighted by Gasteiger charge is 2.36. The number of rotatable bonds is 13. The second-order valence-electron chi connectivity index (χ2n) is 14.3. The molecule has 1 saturated carbocycles. The molecule has 1 fully saturated rings. The van der Waals surface area contributed by atoms with Gasteiger partial charge in [0, 0.05) is 31.1 Å². The quantitative estimate of drug-likeness (QED) is 0.155. The summed E-state index contributed by atoms with van der Waals surface area (Å²) in [5, 5.41) is 0.736. The van der Waals surface area contributed by atoms with E-state index in [1.165, 1.54) is 11.1 Å². The van der Waals surface area contributed by atoms with Gasteiger partial charge in [-0.25, -0.2) is 4.79 Å². The zero-order valence-electron chi connectivity index (χ0n) is 30.2. The molecule has 0 radical (unpaired) electrons. The van der Waals surface area contributed by atoms with E-state index in [9.17, 15) is 13.6 Å². The maximum Gasteiger partial charge on any atom is 0.353 e. The van der Waals surface area contributed by atoms with Crippen LogP contribution < -0.4 is 0 Å². The van der Waals surface area contributed by atoms with E-state index >= 15 is 0 Å². The molecule has 2 atom stereocenters. The number of hydrogen-bond donors (Lipinski definition) is 0. The third kappa shape index (κ3) is 10.3. The van der Waals surface area contributed by atoms with E-state index in [4.69, 9.17) is 21.1 Å². The Morgan fingerprint density at radius 3 is 2.46 bits per heavy atom. The monoisotopic (exact) mass is 686 g/mol. The summed E-state index contributed by atoms with van der Waals surface area (Å²) in [6.07, 6.45) is 5.50. The number of allylic oxidation sites excluding steroid dienone is 1. The summed E-state index contributed by atoms with van der Waals surface area (Å²) in [6.45, 7) is 14.4. The molecule has 0 amide bonds. The van der Waals surface area contributed by atoms with Crippen molar-refractivity contribution < 1.29 is 23.0 Å². The Bertz CT molecular complexity index is 1380. The smallest absolute Gasteiger partial charge is 0.353 e. The second kappa shape index (κ2) is 17.6.